The van der Waals surface area contributed by atoms with Crippen molar-refractivity contribution in [1.82, 2.24) is 5.16 Å². The van der Waals surface area contributed by atoms with E-state index in [2.05, 4.69) is 10.5 Å². The first kappa shape index (κ1) is 19.6. The molecule has 9 heteroatoms. The van der Waals surface area contributed by atoms with Crippen LogP contribution in [-0.2, 0) is 4.74 Å². The lowest BCUT2D eigenvalue weighted by molar-refractivity contribution is 0.0527. The minimum absolute atomic E-state index is 0.00984. The van der Waals surface area contributed by atoms with E-state index in [9.17, 15) is 14.4 Å². The molecule has 3 aromatic heterocycles. The lowest BCUT2D eigenvalue weighted by atomic mass is 10.1. The second kappa shape index (κ2) is 8.22. The van der Waals surface area contributed by atoms with Crippen LogP contribution in [-0.4, -0.2) is 29.4 Å². The number of Topliss-reactive ketones (excluding diaryl/α,β-unsaturated/α-hetero) is 1. The van der Waals surface area contributed by atoms with E-state index in [0.29, 0.717) is 22.0 Å². The van der Waals surface area contributed by atoms with Crippen LogP contribution in [0.25, 0.3) is 11.5 Å². The van der Waals surface area contributed by atoms with Crippen LogP contribution in [0.5, 0.6) is 0 Å². The molecule has 3 aromatic rings. The maximum atomic E-state index is 12.6. The van der Waals surface area contributed by atoms with Crippen LogP contribution in [0.15, 0.2) is 33.4 Å². The molecule has 8 nitrogen and oxygen atoms in total. The number of hydrogen-bond acceptors (Lipinski definition) is 8. The van der Waals surface area contributed by atoms with Crippen LogP contribution < -0.4 is 5.32 Å². The number of furan rings is 1. The molecule has 0 radical (unpaired) electrons. The summed E-state index contributed by atoms with van der Waals surface area (Å²) in [7, 11) is 0. The molecule has 3 rings (SSSR count). The lowest BCUT2D eigenvalue weighted by Gasteiger charge is -2.05. The van der Waals surface area contributed by atoms with Gasteiger partial charge in [0.25, 0.3) is 5.91 Å². The fourth-order valence-electron chi connectivity index (χ4n) is 2.56. The smallest absolute Gasteiger partial charge is 0.341 e. The van der Waals surface area contributed by atoms with Crippen LogP contribution in [0.1, 0.15) is 56.3 Å². The first-order chi connectivity index (χ1) is 13.5. The molecular formula is C19H18N2O6S. The number of amides is 1. The number of esters is 1. The monoisotopic (exact) mass is 402 g/mol. The summed E-state index contributed by atoms with van der Waals surface area (Å²) >= 11 is 1.04. The zero-order valence-corrected chi connectivity index (χ0v) is 16.3. The Morgan fingerprint density at radius 3 is 2.68 bits per heavy atom. The molecule has 3 heterocycles. The normalized spacial score (nSPS) is 10.7. The highest BCUT2D eigenvalue weighted by atomic mass is 32.1. The molecule has 0 saturated heterocycles. The van der Waals surface area contributed by atoms with E-state index >= 15 is 0 Å². The average molecular weight is 402 g/mol. The van der Waals surface area contributed by atoms with E-state index < -0.39 is 11.9 Å². The van der Waals surface area contributed by atoms with E-state index in [1.807, 2.05) is 0 Å². The van der Waals surface area contributed by atoms with E-state index in [0.717, 1.165) is 11.3 Å². The molecule has 146 valence electrons. The summed E-state index contributed by atoms with van der Waals surface area (Å²) in [5.74, 6) is -0.566. The van der Waals surface area contributed by atoms with Gasteiger partial charge >= 0.3 is 5.97 Å². The summed E-state index contributed by atoms with van der Waals surface area (Å²) < 4.78 is 15.4. The number of anilines is 1. The van der Waals surface area contributed by atoms with Crippen molar-refractivity contribution in [2.24, 2.45) is 0 Å². The van der Waals surface area contributed by atoms with Crippen LogP contribution in [0.3, 0.4) is 0 Å². The van der Waals surface area contributed by atoms with Crippen molar-refractivity contribution >= 4 is 34.0 Å². The van der Waals surface area contributed by atoms with Crippen molar-refractivity contribution in [3.05, 3.63) is 46.2 Å². The number of hydrogen-bond donors (Lipinski definition) is 1. The topological polar surface area (TPSA) is 112 Å². The van der Waals surface area contributed by atoms with Crippen molar-refractivity contribution in [2.75, 3.05) is 11.9 Å². The highest BCUT2D eigenvalue weighted by Gasteiger charge is 2.27. The second-order valence-electron chi connectivity index (χ2n) is 5.77. The molecule has 0 aliphatic carbocycles. The van der Waals surface area contributed by atoms with Gasteiger partial charge in [0.1, 0.15) is 5.00 Å². The van der Waals surface area contributed by atoms with Crippen molar-refractivity contribution < 1.29 is 28.1 Å². The van der Waals surface area contributed by atoms with Gasteiger partial charge in [-0.15, -0.1) is 11.3 Å². The Morgan fingerprint density at radius 1 is 1.25 bits per heavy atom. The van der Waals surface area contributed by atoms with Gasteiger partial charge in [-0.25, -0.2) is 4.79 Å². The lowest BCUT2D eigenvalue weighted by Crippen LogP contribution is -2.15. The average Bonchev–Trinajstić information content (AvgIpc) is 3.41. The van der Waals surface area contributed by atoms with Crippen LogP contribution >= 0.6 is 11.3 Å². The Kier molecular flexibility index (Phi) is 5.74. The predicted octanol–water partition coefficient (Wildman–Crippen LogP) is 4.33. The molecule has 0 atom stereocenters. The van der Waals surface area contributed by atoms with Gasteiger partial charge in [-0.2, -0.15) is 0 Å². The molecule has 0 fully saturated rings. The SMILES string of the molecule is CCOC(=O)c1c(NC(=O)c2cc(-c3ccco3)on2)sc(C(=O)CC)c1C. The minimum atomic E-state index is -0.599. The highest BCUT2D eigenvalue weighted by molar-refractivity contribution is 7.18. The molecule has 1 amide bonds. The van der Waals surface area contributed by atoms with E-state index in [1.54, 1.807) is 32.9 Å². The molecule has 0 aromatic carbocycles. The van der Waals surface area contributed by atoms with E-state index in [1.165, 1.54) is 12.3 Å². The van der Waals surface area contributed by atoms with Gasteiger partial charge in [-0.05, 0) is 31.5 Å². The van der Waals surface area contributed by atoms with Gasteiger partial charge in [0.15, 0.2) is 17.2 Å². The van der Waals surface area contributed by atoms with Crippen molar-refractivity contribution in [2.45, 2.75) is 27.2 Å². The number of carbonyl (C=O) groups is 3. The molecule has 0 bridgehead atoms. The highest BCUT2D eigenvalue weighted by Crippen LogP contribution is 2.35. The third-order valence-electron chi connectivity index (χ3n) is 3.93. The summed E-state index contributed by atoms with van der Waals surface area (Å²) in [6.07, 6.45) is 1.76. The zero-order valence-electron chi connectivity index (χ0n) is 15.5. The predicted molar refractivity (Wildman–Crippen MR) is 102 cm³/mol. The fourth-order valence-corrected chi connectivity index (χ4v) is 3.76. The molecule has 0 aliphatic rings. The van der Waals surface area contributed by atoms with Gasteiger partial charge in [0, 0.05) is 12.5 Å². The summed E-state index contributed by atoms with van der Waals surface area (Å²) in [5, 5.41) is 6.61. The van der Waals surface area contributed by atoms with Gasteiger partial charge in [-0.1, -0.05) is 12.1 Å². The van der Waals surface area contributed by atoms with Crippen LogP contribution in [0.4, 0.5) is 5.00 Å². The van der Waals surface area contributed by atoms with E-state index in [4.69, 9.17) is 13.7 Å². The second-order valence-corrected chi connectivity index (χ2v) is 6.79. The number of aromatic nitrogens is 1. The molecule has 0 unspecified atom stereocenters. The number of nitrogens with zero attached hydrogens (tertiary/aromatic N) is 1. The number of ketones is 1. The number of ether oxygens (including phenoxy) is 1. The minimum Gasteiger partial charge on any atom is -0.462 e. The maximum Gasteiger partial charge on any atom is 0.341 e. The number of rotatable bonds is 7. The molecule has 1 N–H and O–H groups in total. The van der Waals surface area contributed by atoms with E-state index in [-0.39, 0.29) is 35.1 Å². The third-order valence-corrected chi connectivity index (χ3v) is 5.18. The Hall–Kier alpha value is -3.20. The Labute approximate surface area is 164 Å². The number of thiophene rings is 1. The Balaban J connectivity index is 1.91. The molecule has 0 spiro atoms. The Morgan fingerprint density at radius 2 is 2.04 bits per heavy atom. The summed E-state index contributed by atoms with van der Waals surface area (Å²) in [6.45, 7) is 5.25. The van der Waals surface area contributed by atoms with Gasteiger partial charge < -0.3 is 19.0 Å². The zero-order chi connectivity index (χ0) is 20.3. The van der Waals surface area contributed by atoms with Gasteiger partial charge in [0.2, 0.25) is 5.76 Å². The molecule has 0 aliphatic heterocycles. The fraction of sp³-hybridized carbons (Fsp3) is 0.263. The van der Waals surface area contributed by atoms with Crippen LogP contribution in [0, 0.1) is 6.92 Å². The summed E-state index contributed by atoms with van der Waals surface area (Å²) in [5.41, 5.74) is 0.671. The van der Waals surface area contributed by atoms with Crippen LogP contribution in [0.2, 0.25) is 0 Å². The largest absolute Gasteiger partial charge is 0.462 e. The number of carbonyl (C=O) groups excluding carboxylic acids is 3. The number of nitrogens with one attached hydrogen (secondary N) is 1. The van der Waals surface area contributed by atoms with Crippen molar-refractivity contribution in [1.29, 1.82) is 0 Å². The first-order valence-corrected chi connectivity index (χ1v) is 9.43. The Bertz CT molecular complexity index is 1020. The third kappa shape index (κ3) is 3.74. The molecule has 0 saturated carbocycles. The molecule has 28 heavy (non-hydrogen) atoms. The maximum absolute atomic E-state index is 12.6. The quantitative estimate of drug-likeness (QED) is 0.462. The standard InChI is InChI=1S/C19H18N2O6S/c1-4-12(22)16-10(3)15(19(24)25-5-2)18(28-16)20-17(23)11-9-14(27-21-11)13-7-6-8-26-13/h6-9H,4-5H2,1-3H3,(H,20,23). The van der Waals surface area contributed by atoms with Crippen molar-refractivity contribution in [3.63, 3.8) is 0 Å². The van der Waals surface area contributed by atoms with Gasteiger partial charge in [-0.3, -0.25) is 9.59 Å². The van der Waals surface area contributed by atoms with Gasteiger partial charge in [0.05, 0.1) is 23.3 Å². The van der Waals surface area contributed by atoms with Crippen molar-refractivity contribution in [3.8, 4) is 11.5 Å². The summed E-state index contributed by atoms with van der Waals surface area (Å²) in [4.78, 5) is 37.6. The molecular weight excluding hydrogens is 384 g/mol. The summed E-state index contributed by atoms with van der Waals surface area (Å²) in [6, 6.07) is 4.78. The first-order valence-electron chi connectivity index (χ1n) is 8.61.